The molecule has 1 unspecified atom stereocenters. The highest BCUT2D eigenvalue weighted by molar-refractivity contribution is 6.31. The van der Waals surface area contributed by atoms with Crippen LogP contribution in [0, 0.1) is 0 Å². The molecule has 0 fully saturated rings. The van der Waals surface area contributed by atoms with Gasteiger partial charge in [-0.05, 0) is 31.2 Å². The number of nitrogens with zero attached hydrogens (tertiary/aromatic N) is 1. The summed E-state index contributed by atoms with van der Waals surface area (Å²) < 4.78 is 0. The van der Waals surface area contributed by atoms with E-state index in [0.717, 1.165) is 16.6 Å². The maximum atomic E-state index is 11.3. The van der Waals surface area contributed by atoms with Gasteiger partial charge in [0.15, 0.2) is 0 Å². The van der Waals surface area contributed by atoms with Crippen molar-refractivity contribution in [1.82, 2.24) is 15.4 Å². The zero-order valence-corrected chi connectivity index (χ0v) is 10.8. The van der Waals surface area contributed by atoms with Gasteiger partial charge < -0.3 is 10.3 Å². The minimum absolute atomic E-state index is 0.476. The van der Waals surface area contributed by atoms with E-state index in [1.165, 1.54) is 7.05 Å². The van der Waals surface area contributed by atoms with Gasteiger partial charge in [0.25, 0.3) is 0 Å². The third kappa shape index (κ3) is 2.27. The van der Waals surface area contributed by atoms with E-state index >= 15 is 0 Å². The van der Waals surface area contributed by atoms with Gasteiger partial charge in [0.1, 0.15) is 0 Å². The topological polar surface area (TPSA) is 68.4 Å². The maximum absolute atomic E-state index is 11.3. The van der Waals surface area contributed by atoms with Crippen molar-refractivity contribution in [1.29, 1.82) is 0 Å². The summed E-state index contributed by atoms with van der Waals surface area (Å²) in [5, 5.41) is 14.3. The van der Waals surface area contributed by atoms with Crippen molar-refractivity contribution >= 4 is 28.5 Å². The van der Waals surface area contributed by atoms with Crippen molar-refractivity contribution in [3.8, 4) is 0 Å². The van der Waals surface area contributed by atoms with E-state index in [1.807, 2.05) is 18.2 Å². The minimum Gasteiger partial charge on any atom is -0.357 e. The Morgan fingerprint density at radius 2 is 2.22 bits per heavy atom. The summed E-state index contributed by atoms with van der Waals surface area (Å²) in [6.07, 6.45) is 0. The van der Waals surface area contributed by atoms with Gasteiger partial charge in [-0.3, -0.25) is 5.21 Å². The molecule has 0 spiro atoms. The normalized spacial score (nSPS) is 12.4. The third-order valence-electron chi connectivity index (χ3n) is 2.84. The van der Waals surface area contributed by atoms with E-state index in [0.29, 0.717) is 10.1 Å². The van der Waals surface area contributed by atoms with Gasteiger partial charge in [-0.15, -0.1) is 0 Å². The second-order valence-electron chi connectivity index (χ2n) is 4.03. The largest absolute Gasteiger partial charge is 0.357 e. The van der Waals surface area contributed by atoms with Crippen LogP contribution < -0.4 is 5.32 Å². The second kappa shape index (κ2) is 4.88. The molecule has 1 heterocycles. The van der Waals surface area contributed by atoms with Gasteiger partial charge in [-0.1, -0.05) is 11.6 Å². The van der Waals surface area contributed by atoms with Crippen molar-refractivity contribution in [2.24, 2.45) is 0 Å². The number of fused-ring (bicyclic) bond motifs is 1. The summed E-state index contributed by atoms with van der Waals surface area (Å²) in [7, 11) is 1.46. The van der Waals surface area contributed by atoms with Gasteiger partial charge >= 0.3 is 6.03 Å². The molecular weight excluding hydrogens is 254 g/mol. The number of carbonyl (C=O) groups is 1. The summed E-state index contributed by atoms with van der Waals surface area (Å²) in [6, 6.07) is 6.29. The zero-order valence-electron chi connectivity index (χ0n) is 10.1. The van der Waals surface area contributed by atoms with Gasteiger partial charge in [0.2, 0.25) is 0 Å². The fourth-order valence-electron chi connectivity index (χ4n) is 1.77. The van der Waals surface area contributed by atoms with Crippen LogP contribution in [0.1, 0.15) is 18.7 Å². The summed E-state index contributed by atoms with van der Waals surface area (Å²) in [5.74, 6) is 0. The molecule has 2 aromatic rings. The Labute approximate surface area is 109 Å². The number of rotatable bonds is 2. The Kier molecular flexibility index (Phi) is 3.45. The lowest BCUT2D eigenvalue weighted by Gasteiger charge is -2.20. The average molecular weight is 268 g/mol. The number of aromatic amines is 1. The van der Waals surface area contributed by atoms with Crippen LogP contribution in [0.15, 0.2) is 24.3 Å². The van der Waals surface area contributed by atoms with E-state index in [-0.39, 0.29) is 0 Å². The second-order valence-corrected chi connectivity index (χ2v) is 4.47. The fraction of sp³-hybridized carbons (Fsp3) is 0.250. The first kappa shape index (κ1) is 12.7. The van der Waals surface area contributed by atoms with Crippen LogP contribution in [0.4, 0.5) is 4.79 Å². The maximum Gasteiger partial charge on any atom is 0.341 e. The van der Waals surface area contributed by atoms with Crippen LogP contribution in [-0.2, 0) is 0 Å². The fourth-order valence-corrected chi connectivity index (χ4v) is 1.95. The molecule has 0 saturated heterocycles. The number of H-pyrrole nitrogens is 1. The molecule has 2 rings (SSSR count). The number of hydroxylamine groups is 2. The molecular formula is C12H14ClN3O2. The quantitative estimate of drug-likeness (QED) is 0.578. The van der Waals surface area contributed by atoms with Crippen LogP contribution in [0.2, 0.25) is 5.02 Å². The molecule has 1 aromatic heterocycles. The molecule has 18 heavy (non-hydrogen) atoms. The summed E-state index contributed by atoms with van der Waals surface area (Å²) in [5.41, 5.74) is 1.64. The molecule has 3 N–H and O–H groups in total. The number of carbonyl (C=O) groups excluding carboxylic acids is 1. The number of aromatic nitrogens is 1. The van der Waals surface area contributed by atoms with E-state index in [4.69, 9.17) is 11.6 Å². The third-order valence-corrected chi connectivity index (χ3v) is 3.08. The molecule has 1 atom stereocenters. The Hall–Kier alpha value is -1.72. The van der Waals surface area contributed by atoms with E-state index in [1.54, 1.807) is 13.0 Å². The Morgan fingerprint density at radius 3 is 2.89 bits per heavy atom. The smallest absolute Gasteiger partial charge is 0.341 e. The monoisotopic (exact) mass is 267 g/mol. The van der Waals surface area contributed by atoms with Gasteiger partial charge in [0, 0.05) is 28.7 Å². The van der Waals surface area contributed by atoms with Gasteiger partial charge in [0.05, 0.1) is 6.04 Å². The number of benzene rings is 1. The van der Waals surface area contributed by atoms with Gasteiger partial charge in [-0.25, -0.2) is 4.79 Å². The zero-order chi connectivity index (χ0) is 13.3. The summed E-state index contributed by atoms with van der Waals surface area (Å²) in [6.45, 7) is 1.72. The van der Waals surface area contributed by atoms with Crippen LogP contribution in [0.5, 0.6) is 0 Å². The summed E-state index contributed by atoms with van der Waals surface area (Å²) in [4.78, 5) is 14.5. The highest BCUT2D eigenvalue weighted by Gasteiger charge is 2.20. The molecule has 0 aliphatic rings. The van der Waals surface area contributed by atoms with E-state index < -0.39 is 12.1 Å². The molecule has 0 bridgehead atoms. The first-order chi connectivity index (χ1) is 8.52. The first-order valence-corrected chi connectivity index (χ1v) is 5.88. The molecule has 0 aliphatic heterocycles. The summed E-state index contributed by atoms with van der Waals surface area (Å²) >= 11 is 5.91. The molecule has 0 aliphatic carbocycles. The average Bonchev–Trinajstić information content (AvgIpc) is 2.78. The lowest BCUT2D eigenvalue weighted by molar-refractivity contribution is -0.0747. The molecule has 0 saturated carbocycles. The molecule has 5 nitrogen and oxygen atoms in total. The van der Waals surface area contributed by atoms with Crippen molar-refractivity contribution in [2.75, 3.05) is 7.05 Å². The first-order valence-electron chi connectivity index (χ1n) is 5.51. The predicted octanol–water partition coefficient (Wildman–Crippen LogP) is 2.91. The minimum atomic E-state index is -0.556. The molecule has 6 heteroatoms. The number of urea groups is 1. The Balaban J connectivity index is 2.33. The van der Waals surface area contributed by atoms with Gasteiger partial charge in [-0.2, -0.15) is 5.06 Å². The van der Waals surface area contributed by atoms with Crippen molar-refractivity contribution in [2.45, 2.75) is 13.0 Å². The molecule has 0 radical (unpaired) electrons. The lowest BCUT2D eigenvalue weighted by atomic mass is 10.2. The van der Waals surface area contributed by atoms with E-state index in [9.17, 15) is 10.0 Å². The van der Waals surface area contributed by atoms with Crippen LogP contribution in [-0.4, -0.2) is 28.3 Å². The van der Waals surface area contributed by atoms with Crippen LogP contribution in [0.3, 0.4) is 0 Å². The molecule has 2 amide bonds. The van der Waals surface area contributed by atoms with Crippen LogP contribution in [0.25, 0.3) is 10.9 Å². The number of halogens is 1. The number of hydrogen-bond acceptors (Lipinski definition) is 2. The van der Waals surface area contributed by atoms with Crippen molar-refractivity contribution in [3.05, 3.63) is 35.0 Å². The molecule has 1 aromatic carbocycles. The number of nitrogens with one attached hydrogen (secondary N) is 2. The van der Waals surface area contributed by atoms with Crippen molar-refractivity contribution in [3.63, 3.8) is 0 Å². The highest BCUT2D eigenvalue weighted by atomic mass is 35.5. The predicted molar refractivity (Wildman–Crippen MR) is 69.8 cm³/mol. The van der Waals surface area contributed by atoms with Crippen LogP contribution >= 0.6 is 11.6 Å². The van der Waals surface area contributed by atoms with Crippen molar-refractivity contribution < 1.29 is 10.0 Å². The Morgan fingerprint density at radius 1 is 1.50 bits per heavy atom. The lowest BCUT2D eigenvalue weighted by Crippen LogP contribution is -2.37. The molecule has 96 valence electrons. The standard InChI is InChI=1S/C12H14ClN3O2/c1-7(16(18)12(17)14-2)11-6-8-5-9(13)3-4-10(8)15-11/h3-7,15,18H,1-2H3,(H,14,17). The number of amides is 2. The SMILES string of the molecule is CNC(=O)N(O)C(C)c1cc2cc(Cl)ccc2[nH]1. The number of hydrogen-bond donors (Lipinski definition) is 3. The van der Waals surface area contributed by atoms with E-state index in [2.05, 4.69) is 10.3 Å². The highest BCUT2D eigenvalue weighted by Crippen LogP contribution is 2.25. The Bertz CT molecular complexity index is 582.